The second kappa shape index (κ2) is 8.67. The number of nitrogens with one attached hydrogen (secondary N) is 2. The molecule has 2 aromatic carbocycles. The maximum atomic E-state index is 13.1. The Morgan fingerprint density at radius 2 is 1.92 bits per heavy atom. The first-order chi connectivity index (χ1) is 11.6. The summed E-state index contributed by atoms with van der Waals surface area (Å²) in [5, 5.41) is 5.31. The normalized spacial score (nSPS) is 10.1. The minimum absolute atomic E-state index is 0.265. The molecule has 0 saturated carbocycles. The van der Waals surface area contributed by atoms with Crippen molar-refractivity contribution in [3.63, 3.8) is 0 Å². The van der Waals surface area contributed by atoms with Gasteiger partial charge in [-0.3, -0.25) is 10.1 Å². The minimum Gasteiger partial charge on any atom is -0.450 e. The molecule has 6 heteroatoms. The third-order valence-corrected chi connectivity index (χ3v) is 3.23. The van der Waals surface area contributed by atoms with E-state index in [1.807, 2.05) is 0 Å². The fraction of sp³-hybridized carbons (Fsp3) is 0.222. The predicted molar refractivity (Wildman–Crippen MR) is 89.5 cm³/mol. The van der Waals surface area contributed by atoms with Crippen molar-refractivity contribution in [2.24, 2.45) is 0 Å². The van der Waals surface area contributed by atoms with Gasteiger partial charge in [0.2, 0.25) is 0 Å². The van der Waals surface area contributed by atoms with Gasteiger partial charge in [0, 0.05) is 17.8 Å². The lowest BCUT2D eigenvalue weighted by atomic mass is 10.1. The Labute approximate surface area is 139 Å². The Morgan fingerprint density at radius 1 is 1.12 bits per heavy atom. The Kier molecular flexibility index (Phi) is 6.31. The molecule has 5 nitrogen and oxygen atoms in total. The molecule has 0 atom stereocenters. The summed E-state index contributed by atoms with van der Waals surface area (Å²) in [7, 11) is 0. The van der Waals surface area contributed by atoms with Crippen molar-refractivity contribution in [3.05, 3.63) is 65.5 Å². The van der Waals surface area contributed by atoms with Gasteiger partial charge in [-0.1, -0.05) is 18.2 Å². The van der Waals surface area contributed by atoms with E-state index in [2.05, 4.69) is 10.6 Å². The summed E-state index contributed by atoms with van der Waals surface area (Å²) in [4.78, 5) is 23.5. The van der Waals surface area contributed by atoms with Gasteiger partial charge in [-0.15, -0.1) is 0 Å². The van der Waals surface area contributed by atoms with Crippen molar-refractivity contribution in [1.29, 1.82) is 0 Å². The van der Waals surface area contributed by atoms with Crippen molar-refractivity contribution >= 4 is 17.7 Å². The molecule has 0 heterocycles. The van der Waals surface area contributed by atoms with Gasteiger partial charge in [0.25, 0.3) is 5.91 Å². The average molecular weight is 330 g/mol. The third-order valence-electron chi connectivity index (χ3n) is 3.23. The maximum Gasteiger partial charge on any atom is 0.411 e. The van der Waals surface area contributed by atoms with Gasteiger partial charge < -0.3 is 10.1 Å². The van der Waals surface area contributed by atoms with Crippen molar-refractivity contribution < 1.29 is 18.7 Å². The second-order valence-corrected chi connectivity index (χ2v) is 5.06. The van der Waals surface area contributed by atoms with Gasteiger partial charge in [0.1, 0.15) is 5.82 Å². The SMILES string of the molecule is CCOC(=O)Nc1cccc(C(=O)NCCc2cccc(F)c2)c1. The van der Waals surface area contributed by atoms with Crippen LogP contribution in [0.15, 0.2) is 48.5 Å². The van der Waals surface area contributed by atoms with Crippen LogP contribution in [0.25, 0.3) is 0 Å². The number of carbonyl (C=O) groups is 2. The van der Waals surface area contributed by atoms with E-state index in [0.29, 0.717) is 24.2 Å². The number of amides is 2. The minimum atomic E-state index is -0.568. The first-order valence-corrected chi connectivity index (χ1v) is 7.65. The number of carbonyl (C=O) groups excluding carboxylic acids is 2. The van der Waals surface area contributed by atoms with Crippen LogP contribution in [0.1, 0.15) is 22.8 Å². The first kappa shape index (κ1) is 17.5. The summed E-state index contributed by atoms with van der Waals surface area (Å²) >= 11 is 0. The lowest BCUT2D eigenvalue weighted by Crippen LogP contribution is -2.25. The van der Waals surface area contributed by atoms with Crippen LogP contribution in [-0.2, 0) is 11.2 Å². The molecule has 0 bridgehead atoms. The van der Waals surface area contributed by atoms with E-state index >= 15 is 0 Å². The molecule has 0 aliphatic heterocycles. The van der Waals surface area contributed by atoms with E-state index in [-0.39, 0.29) is 18.3 Å². The lowest BCUT2D eigenvalue weighted by Gasteiger charge is -2.08. The van der Waals surface area contributed by atoms with Gasteiger partial charge in [-0.2, -0.15) is 0 Å². The van der Waals surface area contributed by atoms with Crippen molar-refractivity contribution in [3.8, 4) is 0 Å². The third kappa shape index (κ3) is 5.39. The number of benzene rings is 2. The molecular weight excluding hydrogens is 311 g/mol. The van der Waals surface area contributed by atoms with E-state index in [0.717, 1.165) is 5.56 Å². The van der Waals surface area contributed by atoms with Gasteiger partial charge in [0.05, 0.1) is 6.61 Å². The monoisotopic (exact) mass is 330 g/mol. The number of rotatable bonds is 6. The van der Waals surface area contributed by atoms with E-state index in [1.165, 1.54) is 12.1 Å². The predicted octanol–water partition coefficient (Wildman–Crippen LogP) is 3.37. The zero-order valence-corrected chi connectivity index (χ0v) is 13.3. The zero-order chi connectivity index (χ0) is 17.4. The Hall–Kier alpha value is -2.89. The van der Waals surface area contributed by atoms with Gasteiger partial charge in [-0.25, -0.2) is 9.18 Å². The fourth-order valence-corrected chi connectivity index (χ4v) is 2.14. The number of hydrogen-bond donors (Lipinski definition) is 2. The van der Waals surface area contributed by atoms with Crippen LogP contribution in [-0.4, -0.2) is 25.2 Å². The second-order valence-electron chi connectivity index (χ2n) is 5.06. The number of halogens is 1. The smallest absolute Gasteiger partial charge is 0.411 e. The maximum absolute atomic E-state index is 13.1. The van der Waals surface area contributed by atoms with Crippen molar-refractivity contribution in [1.82, 2.24) is 5.32 Å². The van der Waals surface area contributed by atoms with Gasteiger partial charge in [-0.05, 0) is 49.2 Å². The quantitative estimate of drug-likeness (QED) is 0.853. The standard InChI is InChI=1S/C18H19FN2O3/c1-2-24-18(23)21-16-8-4-6-14(12-16)17(22)20-10-9-13-5-3-7-15(19)11-13/h3-8,11-12H,2,9-10H2,1H3,(H,20,22)(H,21,23). The molecule has 2 amide bonds. The van der Waals surface area contributed by atoms with Crippen molar-refractivity contribution in [2.75, 3.05) is 18.5 Å². The van der Waals surface area contributed by atoms with E-state index in [9.17, 15) is 14.0 Å². The van der Waals surface area contributed by atoms with Crippen LogP contribution in [0.2, 0.25) is 0 Å². The molecule has 2 aromatic rings. The summed E-state index contributed by atoms with van der Waals surface area (Å²) in [6, 6.07) is 12.8. The van der Waals surface area contributed by atoms with Crippen molar-refractivity contribution in [2.45, 2.75) is 13.3 Å². The summed E-state index contributed by atoms with van der Waals surface area (Å²) in [6.45, 7) is 2.37. The number of ether oxygens (including phenoxy) is 1. The van der Waals surface area contributed by atoms with Gasteiger partial charge >= 0.3 is 6.09 Å². The molecule has 0 unspecified atom stereocenters. The first-order valence-electron chi connectivity index (χ1n) is 7.65. The summed E-state index contributed by atoms with van der Waals surface area (Å²) in [6.07, 6.45) is -0.0364. The van der Waals surface area contributed by atoms with E-state index in [4.69, 9.17) is 4.74 Å². The summed E-state index contributed by atoms with van der Waals surface area (Å²) in [5.41, 5.74) is 1.71. The lowest BCUT2D eigenvalue weighted by molar-refractivity contribution is 0.0954. The molecule has 0 aromatic heterocycles. The molecule has 126 valence electrons. The Morgan fingerprint density at radius 3 is 2.67 bits per heavy atom. The van der Waals surface area contributed by atoms with Crippen LogP contribution >= 0.6 is 0 Å². The summed E-state index contributed by atoms with van der Waals surface area (Å²) in [5.74, 6) is -0.560. The average Bonchev–Trinajstić information content (AvgIpc) is 2.55. The zero-order valence-electron chi connectivity index (χ0n) is 13.3. The molecule has 0 saturated heterocycles. The molecule has 0 spiro atoms. The number of hydrogen-bond acceptors (Lipinski definition) is 3. The molecule has 2 rings (SSSR count). The largest absolute Gasteiger partial charge is 0.450 e. The fourth-order valence-electron chi connectivity index (χ4n) is 2.14. The molecular formula is C18H19FN2O3. The van der Waals surface area contributed by atoms with Crippen LogP contribution in [0.5, 0.6) is 0 Å². The highest BCUT2D eigenvalue weighted by molar-refractivity contribution is 5.96. The molecule has 0 radical (unpaired) electrons. The van der Waals surface area contributed by atoms with Crippen LogP contribution in [0.4, 0.5) is 14.9 Å². The van der Waals surface area contributed by atoms with E-state index in [1.54, 1.807) is 43.3 Å². The Bertz CT molecular complexity index is 719. The molecule has 0 fully saturated rings. The number of anilines is 1. The topological polar surface area (TPSA) is 67.4 Å². The molecule has 0 aliphatic rings. The highest BCUT2D eigenvalue weighted by Crippen LogP contribution is 2.11. The van der Waals surface area contributed by atoms with Crippen LogP contribution in [0, 0.1) is 5.82 Å². The summed E-state index contributed by atoms with van der Waals surface area (Å²) < 4.78 is 17.9. The molecule has 0 aliphatic carbocycles. The van der Waals surface area contributed by atoms with E-state index < -0.39 is 6.09 Å². The molecule has 24 heavy (non-hydrogen) atoms. The van der Waals surface area contributed by atoms with Crippen LogP contribution < -0.4 is 10.6 Å². The highest BCUT2D eigenvalue weighted by Gasteiger charge is 2.08. The van der Waals surface area contributed by atoms with Gasteiger partial charge in [0.15, 0.2) is 0 Å². The molecule has 2 N–H and O–H groups in total. The highest BCUT2D eigenvalue weighted by atomic mass is 19.1. The van der Waals surface area contributed by atoms with Crippen LogP contribution in [0.3, 0.4) is 0 Å². The Balaban J connectivity index is 1.89.